The molecule has 1 N–H and O–H groups in total. The number of methoxy groups -OCH3 is 1. The molecule has 0 spiro atoms. The highest BCUT2D eigenvalue weighted by Crippen LogP contribution is 2.26. The fourth-order valence-corrected chi connectivity index (χ4v) is 3.23. The SMILES string of the molecule is COc1cn(Cc2cc(C)cc(C)c2)c(Nc2cccc(Cl)c2C)nc1=O. The number of rotatable bonds is 5. The Morgan fingerprint density at radius 1 is 1.15 bits per heavy atom. The molecule has 0 saturated carbocycles. The van der Waals surface area contributed by atoms with Crippen molar-refractivity contribution in [2.45, 2.75) is 27.3 Å². The van der Waals surface area contributed by atoms with Gasteiger partial charge < -0.3 is 14.6 Å². The van der Waals surface area contributed by atoms with Gasteiger partial charge in [-0.1, -0.05) is 47.0 Å². The standard InChI is InChI=1S/C21H22ClN3O2/c1-13-8-14(2)10-16(9-13)11-25-12-19(27-4)20(26)24-21(25)23-18-7-5-6-17(22)15(18)3/h5-10,12H,11H2,1-4H3,(H,23,24,26). The Kier molecular flexibility index (Phi) is 5.51. The third-order valence-electron chi connectivity index (χ3n) is 4.33. The van der Waals surface area contributed by atoms with Crippen LogP contribution in [0.3, 0.4) is 0 Å². The van der Waals surface area contributed by atoms with Crippen LogP contribution < -0.4 is 15.6 Å². The molecular formula is C21H22ClN3O2. The Morgan fingerprint density at radius 2 is 1.85 bits per heavy atom. The zero-order valence-electron chi connectivity index (χ0n) is 15.8. The molecule has 1 heterocycles. The van der Waals surface area contributed by atoms with Crippen LogP contribution >= 0.6 is 11.6 Å². The van der Waals surface area contributed by atoms with Gasteiger partial charge in [-0.3, -0.25) is 4.79 Å². The normalized spacial score (nSPS) is 10.7. The van der Waals surface area contributed by atoms with E-state index in [0.29, 0.717) is 17.5 Å². The summed E-state index contributed by atoms with van der Waals surface area (Å²) >= 11 is 6.21. The minimum Gasteiger partial charge on any atom is -0.490 e. The molecule has 0 saturated heterocycles. The van der Waals surface area contributed by atoms with E-state index in [9.17, 15) is 4.79 Å². The quantitative estimate of drug-likeness (QED) is 0.698. The summed E-state index contributed by atoms with van der Waals surface area (Å²) in [4.78, 5) is 16.4. The van der Waals surface area contributed by atoms with Gasteiger partial charge in [0, 0.05) is 10.7 Å². The summed E-state index contributed by atoms with van der Waals surface area (Å²) in [6.45, 7) is 6.60. The van der Waals surface area contributed by atoms with Crippen LogP contribution in [0.5, 0.6) is 5.75 Å². The fourth-order valence-electron chi connectivity index (χ4n) is 3.05. The molecule has 0 atom stereocenters. The molecule has 0 amide bonds. The number of hydrogen-bond donors (Lipinski definition) is 1. The lowest BCUT2D eigenvalue weighted by molar-refractivity contribution is 0.402. The summed E-state index contributed by atoms with van der Waals surface area (Å²) in [6, 6.07) is 11.9. The second-order valence-electron chi connectivity index (χ2n) is 6.60. The van der Waals surface area contributed by atoms with Crippen LogP contribution in [0.2, 0.25) is 5.02 Å². The molecule has 0 aliphatic heterocycles. The van der Waals surface area contributed by atoms with E-state index in [4.69, 9.17) is 16.3 Å². The van der Waals surface area contributed by atoms with Crippen LogP contribution in [0.4, 0.5) is 11.6 Å². The molecule has 0 fully saturated rings. The molecule has 0 unspecified atom stereocenters. The average Bonchev–Trinajstić information content (AvgIpc) is 2.60. The number of nitrogens with zero attached hydrogens (tertiary/aromatic N) is 2. The topological polar surface area (TPSA) is 56.1 Å². The molecule has 27 heavy (non-hydrogen) atoms. The van der Waals surface area contributed by atoms with Crippen LogP contribution in [0, 0.1) is 20.8 Å². The van der Waals surface area contributed by atoms with E-state index in [-0.39, 0.29) is 5.75 Å². The van der Waals surface area contributed by atoms with Crippen LogP contribution in [-0.2, 0) is 6.54 Å². The third-order valence-corrected chi connectivity index (χ3v) is 4.74. The van der Waals surface area contributed by atoms with Crippen LogP contribution in [0.25, 0.3) is 0 Å². The summed E-state index contributed by atoms with van der Waals surface area (Å²) in [5.41, 5.74) is 4.76. The van der Waals surface area contributed by atoms with E-state index in [1.165, 1.54) is 18.2 Å². The van der Waals surface area contributed by atoms with Gasteiger partial charge in [0.2, 0.25) is 11.7 Å². The predicted molar refractivity (Wildman–Crippen MR) is 110 cm³/mol. The van der Waals surface area contributed by atoms with Gasteiger partial charge >= 0.3 is 5.56 Å². The maximum absolute atomic E-state index is 12.2. The first-order valence-electron chi connectivity index (χ1n) is 8.62. The zero-order valence-corrected chi connectivity index (χ0v) is 16.6. The Labute approximate surface area is 163 Å². The Morgan fingerprint density at radius 3 is 2.52 bits per heavy atom. The summed E-state index contributed by atoms with van der Waals surface area (Å²) in [5.74, 6) is 0.637. The number of aromatic nitrogens is 2. The smallest absolute Gasteiger partial charge is 0.316 e. The minimum absolute atomic E-state index is 0.202. The molecule has 1 aromatic heterocycles. The van der Waals surface area contributed by atoms with Crippen molar-refractivity contribution < 1.29 is 4.74 Å². The maximum Gasteiger partial charge on any atom is 0.316 e. The van der Waals surface area contributed by atoms with E-state index < -0.39 is 5.56 Å². The third kappa shape index (κ3) is 4.31. The largest absolute Gasteiger partial charge is 0.490 e. The molecule has 5 nitrogen and oxygen atoms in total. The molecule has 0 aliphatic rings. The molecule has 3 rings (SSSR count). The molecule has 3 aromatic rings. The van der Waals surface area contributed by atoms with Crippen LogP contribution in [0.15, 0.2) is 47.4 Å². The number of hydrogen-bond acceptors (Lipinski definition) is 4. The Bertz CT molecular complexity index is 1020. The van der Waals surface area contributed by atoms with E-state index >= 15 is 0 Å². The van der Waals surface area contributed by atoms with Crippen molar-refractivity contribution in [3.63, 3.8) is 0 Å². The molecule has 140 valence electrons. The highest BCUT2D eigenvalue weighted by atomic mass is 35.5. The molecule has 0 radical (unpaired) electrons. The summed E-state index contributed by atoms with van der Waals surface area (Å²) in [5, 5.41) is 3.88. The first-order valence-corrected chi connectivity index (χ1v) is 9.00. The predicted octanol–water partition coefficient (Wildman–Crippen LogP) is 4.62. The number of anilines is 2. The van der Waals surface area contributed by atoms with E-state index in [0.717, 1.165) is 16.8 Å². The minimum atomic E-state index is -0.420. The van der Waals surface area contributed by atoms with Gasteiger partial charge in [-0.15, -0.1) is 0 Å². The Balaban J connectivity index is 2.05. The first-order chi connectivity index (χ1) is 12.9. The molecular weight excluding hydrogens is 362 g/mol. The van der Waals surface area contributed by atoms with E-state index in [1.54, 1.807) is 6.20 Å². The van der Waals surface area contributed by atoms with E-state index in [1.807, 2.05) is 29.7 Å². The van der Waals surface area contributed by atoms with Gasteiger partial charge in [0.15, 0.2) is 0 Å². The van der Waals surface area contributed by atoms with Gasteiger partial charge in [0.1, 0.15) is 0 Å². The van der Waals surface area contributed by atoms with Gasteiger partial charge in [0.05, 0.1) is 19.9 Å². The van der Waals surface area contributed by atoms with Crippen molar-refractivity contribution in [2.24, 2.45) is 0 Å². The molecule has 0 bridgehead atoms. The van der Waals surface area contributed by atoms with Crippen molar-refractivity contribution in [1.29, 1.82) is 0 Å². The zero-order chi connectivity index (χ0) is 19.6. The average molecular weight is 384 g/mol. The summed E-state index contributed by atoms with van der Waals surface area (Å²) in [7, 11) is 1.47. The monoisotopic (exact) mass is 383 g/mol. The lowest BCUT2D eigenvalue weighted by Crippen LogP contribution is -2.19. The van der Waals surface area contributed by atoms with Crippen LogP contribution in [0.1, 0.15) is 22.3 Å². The number of aryl methyl sites for hydroxylation is 2. The molecule has 6 heteroatoms. The second-order valence-corrected chi connectivity index (χ2v) is 7.01. The van der Waals surface area contributed by atoms with Crippen molar-refractivity contribution in [1.82, 2.24) is 9.55 Å². The number of ether oxygens (including phenoxy) is 1. The van der Waals surface area contributed by atoms with Crippen molar-refractivity contribution in [3.05, 3.63) is 80.2 Å². The summed E-state index contributed by atoms with van der Waals surface area (Å²) < 4.78 is 7.04. The van der Waals surface area contributed by atoms with Gasteiger partial charge in [-0.05, 0) is 44.0 Å². The highest BCUT2D eigenvalue weighted by molar-refractivity contribution is 6.31. The number of nitrogens with one attached hydrogen (secondary N) is 1. The van der Waals surface area contributed by atoms with Gasteiger partial charge in [-0.2, -0.15) is 4.98 Å². The lowest BCUT2D eigenvalue weighted by Gasteiger charge is -2.17. The van der Waals surface area contributed by atoms with Crippen molar-refractivity contribution >= 4 is 23.2 Å². The highest BCUT2D eigenvalue weighted by Gasteiger charge is 2.12. The fraction of sp³-hybridized carbons (Fsp3) is 0.238. The number of benzene rings is 2. The van der Waals surface area contributed by atoms with Gasteiger partial charge in [0.25, 0.3) is 0 Å². The Hall–Kier alpha value is -2.79. The molecule has 0 aliphatic carbocycles. The number of halogens is 1. The van der Waals surface area contributed by atoms with Crippen molar-refractivity contribution in [2.75, 3.05) is 12.4 Å². The first kappa shape index (κ1) is 19.0. The molecule has 2 aromatic carbocycles. The van der Waals surface area contributed by atoms with Gasteiger partial charge in [-0.25, -0.2) is 0 Å². The van der Waals surface area contributed by atoms with Crippen LogP contribution in [-0.4, -0.2) is 16.7 Å². The van der Waals surface area contributed by atoms with Crippen molar-refractivity contribution in [3.8, 4) is 5.75 Å². The van der Waals surface area contributed by atoms with E-state index in [2.05, 4.69) is 42.3 Å². The lowest BCUT2D eigenvalue weighted by atomic mass is 10.1. The maximum atomic E-state index is 12.2. The second kappa shape index (κ2) is 7.84. The summed E-state index contributed by atoms with van der Waals surface area (Å²) in [6.07, 6.45) is 1.68.